The van der Waals surface area contributed by atoms with Crippen LogP contribution in [-0.4, -0.2) is 62.4 Å². The molecule has 3 aromatic carbocycles. The highest BCUT2D eigenvalue weighted by Crippen LogP contribution is 2.51. The minimum Gasteiger partial charge on any atom is -0.440 e. The van der Waals surface area contributed by atoms with Crippen molar-refractivity contribution in [1.82, 2.24) is 0 Å². The number of rotatable bonds is 6. The van der Waals surface area contributed by atoms with E-state index in [2.05, 4.69) is 63.2 Å². The summed E-state index contributed by atoms with van der Waals surface area (Å²) < 4.78 is 6.41. The van der Waals surface area contributed by atoms with Crippen LogP contribution in [0.15, 0.2) is 60.7 Å². The van der Waals surface area contributed by atoms with Gasteiger partial charge in [0.2, 0.25) is 0 Å². The van der Waals surface area contributed by atoms with Crippen LogP contribution in [0.5, 0.6) is 0 Å². The molecular weight excluding hydrogens is 424 g/mol. The van der Waals surface area contributed by atoms with Gasteiger partial charge in [0, 0.05) is 95.8 Å². The van der Waals surface area contributed by atoms with E-state index in [-0.39, 0.29) is 5.97 Å². The molecule has 4 rings (SSSR count). The molecule has 178 valence electrons. The smallest absolute Gasteiger partial charge is 0.340 e. The van der Waals surface area contributed by atoms with E-state index in [1.807, 2.05) is 73.4 Å². The fourth-order valence-electron chi connectivity index (χ4n) is 4.56. The number of hydrogen-bond acceptors (Lipinski definition) is 6. The summed E-state index contributed by atoms with van der Waals surface area (Å²) in [6.07, 6.45) is 0. The molecule has 0 N–H and O–H groups in total. The number of carbonyl (C=O) groups excluding carboxylic acids is 1. The molecule has 0 amide bonds. The summed E-state index contributed by atoms with van der Waals surface area (Å²) in [6, 6.07) is 20.5. The summed E-state index contributed by atoms with van der Waals surface area (Å²) in [7, 11) is 16.1. The lowest BCUT2D eigenvalue weighted by molar-refractivity contribution is 0.0253. The van der Waals surface area contributed by atoms with E-state index < -0.39 is 5.60 Å². The lowest BCUT2D eigenvalue weighted by Gasteiger charge is -2.35. The number of benzene rings is 3. The SMILES string of the molecule is CN(C)c1ccc(C2(c3ccc(N(C)C)cc3N(C)C)OC(=O)c3ccc(N(C)C)cc32)cc1. The molecule has 0 aliphatic carbocycles. The van der Waals surface area contributed by atoms with Gasteiger partial charge in [0.25, 0.3) is 0 Å². The van der Waals surface area contributed by atoms with Crippen LogP contribution in [0.2, 0.25) is 0 Å². The third-order valence-corrected chi connectivity index (χ3v) is 6.51. The van der Waals surface area contributed by atoms with E-state index in [4.69, 9.17) is 4.74 Å². The van der Waals surface area contributed by atoms with E-state index in [1.54, 1.807) is 0 Å². The van der Waals surface area contributed by atoms with Crippen molar-refractivity contribution in [2.45, 2.75) is 5.60 Å². The molecular formula is C28H34N4O2. The molecule has 6 nitrogen and oxygen atoms in total. The van der Waals surface area contributed by atoms with E-state index in [1.165, 1.54) is 0 Å². The number of esters is 1. The summed E-state index contributed by atoms with van der Waals surface area (Å²) >= 11 is 0. The highest BCUT2D eigenvalue weighted by atomic mass is 16.6. The van der Waals surface area contributed by atoms with Crippen molar-refractivity contribution in [3.8, 4) is 0 Å². The van der Waals surface area contributed by atoms with Crippen LogP contribution in [0.1, 0.15) is 27.0 Å². The number of fused-ring (bicyclic) bond motifs is 1. The van der Waals surface area contributed by atoms with E-state index in [0.717, 1.165) is 39.4 Å². The van der Waals surface area contributed by atoms with Crippen molar-refractivity contribution in [3.63, 3.8) is 0 Å². The standard InChI is InChI=1S/C28H34N4O2/c1-29(2)20-11-9-19(10-12-20)28(24-16-14-22(31(5)6)18-26(24)32(7)8)25-17-21(30(3)4)13-15-23(25)27(33)34-28/h9-18H,1-8H3. The Kier molecular flexibility index (Phi) is 5.94. The summed E-state index contributed by atoms with van der Waals surface area (Å²) in [5.74, 6) is -0.307. The Morgan fingerprint density at radius 2 is 1.12 bits per heavy atom. The van der Waals surface area contributed by atoms with Crippen molar-refractivity contribution >= 4 is 28.7 Å². The average molecular weight is 459 g/mol. The molecule has 0 fully saturated rings. The monoisotopic (exact) mass is 458 g/mol. The van der Waals surface area contributed by atoms with Gasteiger partial charge in [-0.3, -0.25) is 0 Å². The van der Waals surface area contributed by atoms with Gasteiger partial charge in [-0.25, -0.2) is 4.79 Å². The maximum atomic E-state index is 13.3. The van der Waals surface area contributed by atoms with Crippen molar-refractivity contribution in [3.05, 3.63) is 82.9 Å². The molecule has 0 radical (unpaired) electrons. The van der Waals surface area contributed by atoms with Gasteiger partial charge in [0.1, 0.15) is 0 Å². The zero-order valence-corrected chi connectivity index (χ0v) is 21.4. The molecule has 0 bridgehead atoms. The van der Waals surface area contributed by atoms with Crippen LogP contribution in [0, 0.1) is 0 Å². The number of ether oxygens (including phenoxy) is 1. The Hall–Kier alpha value is -3.67. The number of cyclic esters (lactones) is 1. The maximum absolute atomic E-state index is 13.3. The van der Waals surface area contributed by atoms with Crippen molar-refractivity contribution in [2.24, 2.45) is 0 Å². The number of hydrogen-bond donors (Lipinski definition) is 0. The third-order valence-electron chi connectivity index (χ3n) is 6.51. The van der Waals surface area contributed by atoms with E-state index in [0.29, 0.717) is 5.56 Å². The first-order valence-electron chi connectivity index (χ1n) is 11.4. The Morgan fingerprint density at radius 1 is 0.588 bits per heavy atom. The summed E-state index contributed by atoms with van der Waals surface area (Å²) in [6.45, 7) is 0. The van der Waals surface area contributed by atoms with Gasteiger partial charge in [-0.05, 0) is 42.5 Å². The van der Waals surface area contributed by atoms with Gasteiger partial charge < -0.3 is 24.3 Å². The molecule has 6 heteroatoms. The minimum absolute atomic E-state index is 0.307. The van der Waals surface area contributed by atoms with Gasteiger partial charge in [0.05, 0.1) is 5.56 Å². The summed E-state index contributed by atoms with van der Waals surface area (Å²) in [5.41, 5.74) is 6.43. The predicted molar refractivity (Wildman–Crippen MR) is 142 cm³/mol. The Labute approximate surface area is 203 Å². The molecule has 1 unspecified atom stereocenters. The molecule has 1 heterocycles. The lowest BCUT2D eigenvalue weighted by atomic mass is 9.78. The largest absolute Gasteiger partial charge is 0.440 e. The molecule has 0 spiro atoms. The second-order valence-electron chi connectivity index (χ2n) is 9.63. The molecule has 1 aliphatic heterocycles. The molecule has 1 atom stereocenters. The van der Waals surface area contributed by atoms with Gasteiger partial charge in [-0.2, -0.15) is 0 Å². The van der Waals surface area contributed by atoms with E-state index in [9.17, 15) is 4.79 Å². The molecule has 0 saturated heterocycles. The van der Waals surface area contributed by atoms with Crippen molar-refractivity contribution < 1.29 is 9.53 Å². The van der Waals surface area contributed by atoms with Crippen LogP contribution in [0.25, 0.3) is 0 Å². The second-order valence-corrected chi connectivity index (χ2v) is 9.63. The Morgan fingerprint density at radius 3 is 1.68 bits per heavy atom. The number of anilines is 4. The molecule has 0 aromatic heterocycles. The van der Waals surface area contributed by atoms with Crippen LogP contribution in [0.4, 0.5) is 22.7 Å². The van der Waals surface area contributed by atoms with Crippen LogP contribution in [0.3, 0.4) is 0 Å². The van der Waals surface area contributed by atoms with Crippen LogP contribution < -0.4 is 19.6 Å². The molecule has 1 aliphatic rings. The predicted octanol–water partition coefficient (Wildman–Crippen LogP) is 4.41. The minimum atomic E-state index is -1.06. The van der Waals surface area contributed by atoms with Crippen molar-refractivity contribution in [1.29, 1.82) is 0 Å². The zero-order chi connectivity index (χ0) is 24.8. The normalized spacial score (nSPS) is 16.6. The Balaban J connectivity index is 2.07. The zero-order valence-electron chi connectivity index (χ0n) is 21.4. The fraction of sp³-hybridized carbons (Fsp3) is 0.321. The number of carbonyl (C=O) groups is 1. The second kappa shape index (κ2) is 8.60. The van der Waals surface area contributed by atoms with Crippen LogP contribution >= 0.6 is 0 Å². The van der Waals surface area contributed by atoms with E-state index >= 15 is 0 Å². The van der Waals surface area contributed by atoms with Crippen LogP contribution in [-0.2, 0) is 10.3 Å². The number of nitrogens with zero attached hydrogens (tertiary/aromatic N) is 4. The van der Waals surface area contributed by atoms with Gasteiger partial charge in [0.15, 0.2) is 5.60 Å². The highest BCUT2D eigenvalue weighted by molar-refractivity contribution is 5.97. The third kappa shape index (κ3) is 3.73. The Bertz CT molecular complexity index is 1220. The first-order valence-corrected chi connectivity index (χ1v) is 11.4. The lowest BCUT2D eigenvalue weighted by Crippen LogP contribution is -2.32. The van der Waals surface area contributed by atoms with Gasteiger partial charge in [-0.1, -0.05) is 18.2 Å². The topological polar surface area (TPSA) is 39.3 Å². The molecule has 0 saturated carbocycles. The first kappa shape index (κ1) is 23.5. The van der Waals surface area contributed by atoms with Gasteiger partial charge >= 0.3 is 5.97 Å². The summed E-state index contributed by atoms with van der Waals surface area (Å²) in [4.78, 5) is 21.5. The quantitative estimate of drug-likeness (QED) is 0.510. The molecule has 34 heavy (non-hydrogen) atoms. The average Bonchev–Trinajstić information content (AvgIpc) is 3.11. The maximum Gasteiger partial charge on any atom is 0.340 e. The van der Waals surface area contributed by atoms with Gasteiger partial charge in [-0.15, -0.1) is 0 Å². The fourth-order valence-corrected chi connectivity index (χ4v) is 4.56. The first-order chi connectivity index (χ1) is 16.1. The molecule has 3 aromatic rings. The van der Waals surface area contributed by atoms with Crippen molar-refractivity contribution in [2.75, 3.05) is 76.0 Å². The summed E-state index contributed by atoms with van der Waals surface area (Å²) in [5, 5.41) is 0. The highest BCUT2D eigenvalue weighted by Gasteiger charge is 2.50.